The second-order valence-corrected chi connectivity index (χ2v) is 9.96. The maximum atomic E-state index is 12.5. The number of benzene rings is 2. The van der Waals surface area contributed by atoms with Crippen molar-refractivity contribution in [3.8, 4) is 0 Å². The summed E-state index contributed by atoms with van der Waals surface area (Å²) in [6, 6.07) is 8.53. The smallest absolute Gasteiger partial charge is 0.340 e. The first kappa shape index (κ1) is 21.9. The molecule has 1 aliphatic rings. The van der Waals surface area contributed by atoms with Crippen molar-refractivity contribution in [3.05, 3.63) is 62.6 Å². The first-order valence-corrected chi connectivity index (χ1v) is 11.6. The number of nitrogens with zero attached hydrogens (tertiary/aromatic N) is 1. The Kier molecular flexibility index (Phi) is 6.15. The number of methoxy groups -OCH3 is 1. The third-order valence-corrected chi connectivity index (χ3v) is 7.26. The number of sulfonamides is 1. The van der Waals surface area contributed by atoms with E-state index in [0.717, 1.165) is 33.7 Å². The Morgan fingerprint density at radius 1 is 1.14 bits per heavy atom. The van der Waals surface area contributed by atoms with Crippen molar-refractivity contribution >= 4 is 44.9 Å². The highest BCUT2D eigenvalue weighted by molar-refractivity contribution is 7.92. The Hall–Kier alpha value is -1.80. The predicted molar refractivity (Wildman–Crippen MR) is 115 cm³/mol. The number of fused-ring (bicyclic) bond motifs is 1. The minimum Gasteiger partial charge on any atom is -0.465 e. The number of ether oxygens (including phenoxy) is 1. The summed E-state index contributed by atoms with van der Waals surface area (Å²) < 4.78 is 30.2. The molecule has 0 aromatic heterocycles. The minimum atomic E-state index is -3.59. The Morgan fingerprint density at radius 2 is 1.83 bits per heavy atom. The zero-order chi connectivity index (χ0) is 21.5. The van der Waals surface area contributed by atoms with Gasteiger partial charge >= 0.3 is 5.97 Å². The molecule has 1 aliphatic carbocycles. The van der Waals surface area contributed by atoms with E-state index >= 15 is 0 Å². The van der Waals surface area contributed by atoms with Crippen LogP contribution >= 0.6 is 23.2 Å². The third kappa shape index (κ3) is 4.23. The molecule has 0 saturated carbocycles. The first-order chi connectivity index (χ1) is 13.5. The first-order valence-electron chi connectivity index (χ1n) is 8.95. The normalized spacial score (nSPS) is 18.8. The second-order valence-electron chi connectivity index (χ2n) is 7.13. The summed E-state index contributed by atoms with van der Waals surface area (Å²) in [5.74, 6) is -0.675. The number of esters is 1. The molecule has 2 aromatic rings. The largest absolute Gasteiger partial charge is 0.465 e. The van der Waals surface area contributed by atoms with E-state index in [0.29, 0.717) is 16.5 Å². The highest BCUT2D eigenvalue weighted by atomic mass is 35.5. The fraction of sp³-hybridized carbons (Fsp3) is 0.350. The molecule has 1 unspecified atom stereocenters. The standard InChI is InChI=1S/C20H22Cl2N2O4S/c1-24(29(3,26)27)19-10-14-13(9-15(19)20(25)28-2)12(5-7-18(14)23)11-4-6-16(21)17(22)8-11/h4,6,8-10,12,18H,5,7,23H2,1-3H3/t12-,18?/m0/s1. The average Bonchev–Trinajstić information content (AvgIpc) is 2.68. The lowest BCUT2D eigenvalue weighted by Crippen LogP contribution is -2.29. The monoisotopic (exact) mass is 456 g/mol. The Bertz CT molecular complexity index is 1070. The van der Waals surface area contributed by atoms with Crippen LogP contribution in [-0.4, -0.2) is 34.8 Å². The molecule has 0 saturated heterocycles. The molecule has 29 heavy (non-hydrogen) atoms. The summed E-state index contributed by atoms with van der Waals surface area (Å²) in [5.41, 5.74) is 9.35. The van der Waals surface area contributed by atoms with Crippen LogP contribution in [0.1, 0.15) is 51.8 Å². The number of rotatable bonds is 4. The van der Waals surface area contributed by atoms with Crippen molar-refractivity contribution in [2.45, 2.75) is 24.8 Å². The van der Waals surface area contributed by atoms with E-state index < -0.39 is 16.0 Å². The van der Waals surface area contributed by atoms with E-state index in [1.54, 1.807) is 18.2 Å². The molecule has 0 spiro atoms. The molecule has 0 fully saturated rings. The Morgan fingerprint density at radius 3 is 2.41 bits per heavy atom. The van der Waals surface area contributed by atoms with Crippen LogP contribution in [0.25, 0.3) is 0 Å². The van der Waals surface area contributed by atoms with E-state index in [9.17, 15) is 13.2 Å². The van der Waals surface area contributed by atoms with Gasteiger partial charge in [0.2, 0.25) is 10.0 Å². The molecule has 0 heterocycles. The van der Waals surface area contributed by atoms with Gasteiger partial charge < -0.3 is 10.5 Å². The molecule has 0 aliphatic heterocycles. The van der Waals surface area contributed by atoms with Gasteiger partial charge in [-0.2, -0.15) is 0 Å². The summed E-state index contributed by atoms with van der Waals surface area (Å²) >= 11 is 12.3. The number of hydrogen-bond acceptors (Lipinski definition) is 5. The van der Waals surface area contributed by atoms with Gasteiger partial charge in [0.1, 0.15) is 0 Å². The van der Waals surface area contributed by atoms with Gasteiger partial charge in [0.25, 0.3) is 0 Å². The zero-order valence-corrected chi connectivity index (χ0v) is 18.6. The van der Waals surface area contributed by atoms with Crippen LogP contribution in [0, 0.1) is 0 Å². The van der Waals surface area contributed by atoms with Crippen LogP contribution in [-0.2, 0) is 14.8 Å². The third-order valence-electron chi connectivity index (χ3n) is 5.33. The Labute approximate surface area is 180 Å². The number of anilines is 1. The maximum Gasteiger partial charge on any atom is 0.340 e. The predicted octanol–water partition coefficient (Wildman–Crippen LogP) is 4.10. The van der Waals surface area contributed by atoms with E-state index in [2.05, 4.69) is 0 Å². The average molecular weight is 457 g/mol. The van der Waals surface area contributed by atoms with Gasteiger partial charge in [-0.05, 0) is 53.8 Å². The van der Waals surface area contributed by atoms with Crippen molar-refractivity contribution < 1.29 is 17.9 Å². The van der Waals surface area contributed by atoms with Gasteiger partial charge in [0.05, 0.1) is 34.7 Å². The maximum absolute atomic E-state index is 12.5. The van der Waals surface area contributed by atoms with Gasteiger partial charge in [0, 0.05) is 19.0 Å². The van der Waals surface area contributed by atoms with Crippen LogP contribution < -0.4 is 10.0 Å². The van der Waals surface area contributed by atoms with Gasteiger partial charge in [-0.1, -0.05) is 29.3 Å². The van der Waals surface area contributed by atoms with Crippen LogP contribution in [0.2, 0.25) is 10.0 Å². The van der Waals surface area contributed by atoms with Gasteiger partial charge in [0.15, 0.2) is 0 Å². The molecular formula is C20H22Cl2N2O4S. The van der Waals surface area contributed by atoms with Crippen LogP contribution in [0.3, 0.4) is 0 Å². The quantitative estimate of drug-likeness (QED) is 0.699. The minimum absolute atomic E-state index is 0.0550. The number of hydrogen-bond donors (Lipinski definition) is 1. The Balaban J connectivity index is 2.23. The van der Waals surface area contributed by atoms with E-state index in [1.807, 2.05) is 12.1 Å². The van der Waals surface area contributed by atoms with Gasteiger partial charge in [-0.3, -0.25) is 4.31 Å². The fourth-order valence-electron chi connectivity index (χ4n) is 3.69. The molecule has 6 nitrogen and oxygen atoms in total. The van der Waals surface area contributed by atoms with E-state index in [-0.39, 0.29) is 23.2 Å². The van der Waals surface area contributed by atoms with Crippen LogP contribution in [0.4, 0.5) is 5.69 Å². The SMILES string of the molecule is COC(=O)c1cc2c(cc1N(C)S(C)(=O)=O)C(N)CC[C@H]2c1ccc(Cl)c(Cl)c1. The summed E-state index contributed by atoms with van der Waals surface area (Å²) in [6.07, 6.45) is 2.54. The van der Waals surface area contributed by atoms with Crippen LogP contribution in [0.5, 0.6) is 0 Å². The number of carbonyl (C=O) groups is 1. The van der Waals surface area contributed by atoms with Crippen molar-refractivity contribution in [1.82, 2.24) is 0 Å². The van der Waals surface area contributed by atoms with Crippen molar-refractivity contribution in [1.29, 1.82) is 0 Å². The molecule has 3 rings (SSSR count). The lowest BCUT2D eigenvalue weighted by atomic mass is 9.76. The molecule has 9 heteroatoms. The molecule has 2 atom stereocenters. The van der Waals surface area contributed by atoms with Gasteiger partial charge in [-0.15, -0.1) is 0 Å². The molecule has 2 aromatic carbocycles. The van der Waals surface area contributed by atoms with Crippen molar-refractivity contribution in [2.75, 3.05) is 24.7 Å². The van der Waals surface area contributed by atoms with Gasteiger partial charge in [-0.25, -0.2) is 13.2 Å². The lowest BCUT2D eigenvalue weighted by molar-refractivity contribution is 0.0601. The van der Waals surface area contributed by atoms with Crippen molar-refractivity contribution in [2.24, 2.45) is 5.73 Å². The summed E-state index contributed by atoms with van der Waals surface area (Å²) in [5, 5.41) is 0.908. The molecular weight excluding hydrogens is 435 g/mol. The summed E-state index contributed by atoms with van der Waals surface area (Å²) in [6.45, 7) is 0. The zero-order valence-electron chi connectivity index (χ0n) is 16.3. The summed E-state index contributed by atoms with van der Waals surface area (Å²) in [7, 11) is -0.932. The number of halogens is 2. The number of nitrogens with two attached hydrogens (primary N) is 1. The summed E-state index contributed by atoms with van der Waals surface area (Å²) in [4.78, 5) is 12.5. The highest BCUT2D eigenvalue weighted by Crippen LogP contribution is 2.44. The topological polar surface area (TPSA) is 89.7 Å². The van der Waals surface area contributed by atoms with Crippen molar-refractivity contribution in [3.63, 3.8) is 0 Å². The highest BCUT2D eigenvalue weighted by Gasteiger charge is 2.31. The molecule has 0 radical (unpaired) electrons. The molecule has 156 valence electrons. The van der Waals surface area contributed by atoms with E-state index in [1.165, 1.54) is 14.2 Å². The molecule has 0 amide bonds. The number of carbonyl (C=O) groups excluding carboxylic acids is 1. The lowest BCUT2D eigenvalue weighted by Gasteiger charge is -2.32. The second kappa shape index (κ2) is 8.14. The van der Waals surface area contributed by atoms with E-state index in [4.69, 9.17) is 33.7 Å². The van der Waals surface area contributed by atoms with Crippen LogP contribution in [0.15, 0.2) is 30.3 Å². The fourth-order valence-corrected chi connectivity index (χ4v) is 4.50. The molecule has 2 N–H and O–H groups in total. The molecule has 0 bridgehead atoms.